The van der Waals surface area contributed by atoms with E-state index in [1.54, 1.807) is 31.6 Å². The first-order valence-corrected chi connectivity index (χ1v) is 8.58. The highest BCUT2D eigenvalue weighted by Gasteiger charge is 2.09. The molecule has 0 saturated heterocycles. The quantitative estimate of drug-likeness (QED) is 0.502. The van der Waals surface area contributed by atoms with E-state index in [1.807, 2.05) is 31.2 Å². The molecule has 0 aliphatic rings. The van der Waals surface area contributed by atoms with Gasteiger partial charge in [0.2, 0.25) is 0 Å². The summed E-state index contributed by atoms with van der Waals surface area (Å²) in [5, 5.41) is 3.90. The number of nitrogens with one attached hydrogen (secondary N) is 1. The fraction of sp³-hybridized carbons (Fsp3) is 0.150. The standard InChI is InChI=1S/C20H19N5O3/c1-3-28-16-6-4-14(5-7-16)18-12-21-13-19(24-18)20(26)25-23-11-15-10-17(27-2)8-9-22-15/h4-13H,3H2,1-2H3,(H,25,26). The number of pyridine rings is 1. The molecule has 2 aromatic heterocycles. The van der Waals surface area contributed by atoms with Crippen molar-refractivity contribution in [3.63, 3.8) is 0 Å². The highest BCUT2D eigenvalue weighted by atomic mass is 16.5. The van der Waals surface area contributed by atoms with Crippen molar-refractivity contribution in [3.05, 3.63) is 66.4 Å². The minimum atomic E-state index is -0.473. The van der Waals surface area contributed by atoms with Gasteiger partial charge in [-0.05, 0) is 37.3 Å². The Kier molecular flexibility index (Phi) is 6.25. The predicted octanol–water partition coefficient (Wildman–Crippen LogP) is 2.71. The van der Waals surface area contributed by atoms with Crippen LogP contribution in [0.15, 0.2) is 60.1 Å². The van der Waals surface area contributed by atoms with Gasteiger partial charge < -0.3 is 9.47 Å². The second kappa shape index (κ2) is 9.22. The number of amides is 1. The average molecular weight is 377 g/mol. The molecule has 1 aromatic carbocycles. The van der Waals surface area contributed by atoms with E-state index in [1.165, 1.54) is 12.4 Å². The molecule has 0 saturated carbocycles. The number of nitrogens with zero attached hydrogens (tertiary/aromatic N) is 4. The van der Waals surface area contributed by atoms with Crippen molar-refractivity contribution in [1.29, 1.82) is 0 Å². The van der Waals surface area contributed by atoms with Gasteiger partial charge in [-0.3, -0.25) is 14.8 Å². The topological polar surface area (TPSA) is 98.6 Å². The van der Waals surface area contributed by atoms with Gasteiger partial charge in [0.1, 0.15) is 17.2 Å². The molecule has 0 aliphatic heterocycles. The average Bonchev–Trinajstić information content (AvgIpc) is 2.75. The van der Waals surface area contributed by atoms with E-state index >= 15 is 0 Å². The highest BCUT2D eigenvalue weighted by molar-refractivity contribution is 5.93. The van der Waals surface area contributed by atoms with Crippen molar-refractivity contribution in [2.75, 3.05) is 13.7 Å². The minimum absolute atomic E-state index is 0.155. The second-order valence-electron chi connectivity index (χ2n) is 5.57. The first-order chi connectivity index (χ1) is 13.7. The maximum atomic E-state index is 12.3. The molecule has 3 rings (SSSR count). The van der Waals surface area contributed by atoms with E-state index in [4.69, 9.17) is 9.47 Å². The van der Waals surface area contributed by atoms with Crippen LogP contribution in [0.1, 0.15) is 23.1 Å². The van der Waals surface area contributed by atoms with Crippen LogP contribution in [0, 0.1) is 0 Å². The molecule has 1 amide bonds. The molecule has 0 spiro atoms. The first kappa shape index (κ1) is 19.0. The molecule has 8 nitrogen and oxygen atoms in total. The van der Waals surface area contributed by atoms with Crippen LogP contribution in [0.2, 0.25) is 0 Å². The number of hydrazone groups is 1. The van der Waals surface area contributed by atoms with Crippen molar-refractivity contribution in [1.82, 2.24) is 20.4 Å². The lowest BCUT2D eigenvalue weighted by Crippen LogP contribution is -2.19. The molecule has 0 atom stereocenters. The lowest BCUT2D eigenvalue weighted by atomic mass is 10.1. The van der Waals surface area contributed by atoms with Gasteiger partial charge in [0.25, 0.3) is 5.91 Å². The SMILES string of the molecule is CCOc1ccc(-c2cncc(C(=O)NN=Cc3cc(OC)ccn3)n2)cc1. The van der Waals surface area contributed by atoms with Gasteiger partial charge in [0.15, 0.2) is 0 Å². The molecule has 142 valence electrons. The number of methoxy groups -OCH3 is 1. The van der Waals surface area contributed by atoms with Crippen LogP contribution in [0.5, 0.6) is 11.5 Å². The number of rotatable bonds is 7. The third-order valence-electron chi connectivity index (χ3n) is 3.68. The lowest BCUT2D eigenvalue weighted by molar-refractivity contribution is 0.0950. The smallest absolute Gasteiger partial charge is 0.291 e. The summed E-state index contributed by atoms with van der Waals surface area (Å²) in [4.78, 5) is 24.8. The maximum absolute atomic E-state index is 12.3. The Bertz CT molecular complexity index is 974. The minimum Gasteiger partial charge on any atom is -0.497 e. The molecule has 1 N–H and O–H groups in total. The fourth-order valence-corrected chi connectivity index (χ4v) is 2.34. The molecular weight excluding hydrogens is 358 g/mol. The van der Waals surface area contributed by atoms with Crippen LogP contribution < -0.4 is 14.9 Å². The molecule has 28 heavy (non-hydrogen) atoms. The number of hydrogen-bond donors (Lipinski definition) is 1. The molecule has 0 radical (unpaired) electrons. The summed E-state index contributed by atoms with van der Waals surface area (Å²) in [6.45, 7) is 2.52. The summed E-state index contributed by atoms with van der Waals surface area (Å²) >= 11 is 0. The summed E-state index contributed by atoms with van der Waals surface area (Å²) in [6.07, 6.45) is 5.99. The second-order valence-corrected chi connectivity index (χ2v) is 5.57. The van der Waals surface area contributed by atoms with Crippen molar-refractivity contribution < 1.29 is 14.3 Å². The fourth-order valence-electron chi connectivity index (χ4n) is 2.34. The number of carbonyl (C=O) groups excluding carboxylic acids is 1. The van der Waals surface area contributed by atoms with Crippen LogP contribution >= 0.6 is 0 Å². The van der Waals surface area contributed by atoms with Crippen LogP contribution in [0.4, 0.5) is 0 Å². The zero-order valence-electron chi connectivity index (χ0n) is 15.5. The normalized spacial score (nSPS) is 10.6. The van der Waals surface area contributed by atoms with Crippen LogP contribution in [-0.4, -0.2) is 40.8 Å². The summed E-state index contributed by atoms with van der Waals surface area (Å²) in [5.74, 6) is 0.949. The largest absolute Gasteiger partial charge is 0.497 e. The molecule has 3 aromatic rings. The lowest BCUT2D eigenvalue weighted by Gasteiger charge is -2.05. The van der Waals surface area contributed by atoms with Gasteiger partial charge in [0, 0.05) is 17.8 Å². The molecule has 0 bridgehead atoms. The summed E-state index contributed by atoms with van der Waals surface area (Å²) in [6, 6.07) is 10.8. The van der Waals surface area contributed by atoms with Crippen LogP contribution in [-0.2, 0) is 0 Å². The van der Waals surface area contributed by atoms with E-state index in [0.29, 0.717) is 23.7 Å². The molecule has 0 aliphatic carbocycles. The van der Waals surface area contributed by atoms with Crippen molar-refractivity contribution in [3.8, 4) is 22.8 Å². The Morgan fingerprint density at radius 2 is 2.00 bits per heavy atom. The van der Waals surface area contributed by atoms with E-state index < -0.39 is 5.91 Å². The maximum Gasteiger partial charge on any atom is 0.291 e. The first-order valence-electron chi connectivity index (χ1n) is 8.58. The van der Waals surface area contributed by atoms with E-state index in [9.17, 15) is 4.79 Å². The third kappa shape index (κ3) is 4.88. The Balaban J connectivity index is 1.68. The molecule has 2 heterocycles. The Morgan fingerprint density at radius 3 is 2.75 bits per heavy atom. The number of aromatic nitrogens is 3. The number of benzene rings is 1. The number of carbonyl (C=O) groups is 1. The van der Waals surface area contributed by atoms with Crippen molar-refractivity contribution in [2.24, 2.45) is 5.10 Å². The van der Waals surface area contributed by atoms with E-state index in [0.717, 1.165) is 11.3 Å². The van der Waals surface area contributed by atoms with Crippen molar-refractivity contribution in [2.45, 2.75) is 6.92 Å². The molecule has 8 heteroatoms. The Hall–Kier alpha value is -3.81. The summed E-state index contributed by atoms with van der Waals surface area (Å²) < 4.78 is 10.5. The van der Waals surface area contributed by atoms with Gasteiger partial charge >= 0.3 is 0 Å². The highest BCUT2D eigenvalue weighted by Crippen LogP contribution is 2.20. The van der Waals surface area contributed by atoms with Crippen molar-refractivity contribution >= 4 is 12.1 Å². The Labute approximate surface area is 162 Å². The Morgan fingerprint density at radius 1 is 1.18 bits per heavy atom. The molecule has 0 fully saturated rings. The van der Waals surface area contributed by atoms with Gasteiger partial charge in [0.05, 0.1) is 43.7 Å². The van der Waals surface area contributed by atoms with Gasteiger partial charge in [-0.25, -0.2) is 10.4 Å². The van der Waals surface area contributed by atoms with Gasteiger partial charge in [-0.15, -0.1) is 0 Å². The molecule has 0 unspecified atom stereocenters. The monoisotopic (exact) mass is 377 g/mol. The third-order valence-corrected chi connectivity index (χ3v) is 3.68. The van der Waals surface area contributed by atoms with Gasteiger partial charge in [-0.2, -0.15) is 5.10 Å². The summed E-state index contributed by atoms with van der Waals surface area (Å²) in [7, 11) is 1.56. The van der Waals surface area contributed by atoms with E-state index in [2.05, 4.69) is 25.5 Å². The zero-order chi connectivity index (χ0) is 19.8. The number of ether oxygens (including phenoxy) is 2. The molecular formula is C20H19N5O3. The van der Waals surface area contributed by atoms with E-state index in [-0.39, 0.29) is 5.69 Å². The van der Waals surface area contributed by atoms with Crippen LogP contribution in [0.25, 0.3) is 11.3 Å². The summed E-state index contributed by atoms with van der Waals surface area (Å²) in [5.41, 5.74) is 4.53. The predicted molar refractivity (Wildman–Crippen MR) is 104 cm³/mol. The van der Waals surface area contributed by atoms with Crippen LogP contribution in [0.3, 0.4) is 0 Å². The zero-order valence-corrected chi connectivity index (χ0v) is 15.5. The van der Waals surface area contributed by atoms with Gasteiger partial charge in [-0.1, -0.05) is 0 Å². The number of hydrogen-bond acceptors (Lipinski definition) is 7.